The smallest absolute Gasteiger partial charge is 0.272 e. The number of non-ortho nitro benzene ring substituents is 1. The molecule has 0 fully saturated rings. The summed E-state index contributed by atoms with van der Waals surface area (Å²) in [4.78, 5) is 19.2. The number of nitro groups is 1. The largest absolute Gasteiger partial charge is 0.392 e. The second-order valence-electron chi connectivity index (χ2n) is 7.83. The summed E-state index contributed by atoms with van der Waals surface area (Å²) in [6.45, 7) is 7.41. The van der Waals surface area contributed by atoms with Gasteiger partial charge in [-0.15, -0.1) is 15.3 Å². The van der Waals surface area contributed by atoms with Gasteiger partial charge in [0.25, 0.3) is 11.6 Å². The third-order valence-electron chi connectivity index (χ3n) is 4.57. The average molecular weight is 470 g/mol. The van der Waals surface area contributed by atoms with Crippen LogP contribution in [-0.4, -0.2) is 60.2 Å². The molecule has 0 radical (unpaired) electrons. The third kappa shape index (κ3) is 6.30. The fourth-order valence-electron chi connectivity index (χ4n) is 2.95. The van der Waals surface area contributed by atoms with Crippen molar-refractivity contribution in [1.82, 2.24) is 19.7 Å². The van der Waals surface area contributed by atoms with Crippen LogP contribution in [-0.2, 0) is 0 Å². The number of aromatic nitrogens is 4. The molecule has 2 atom stereocenters. The number of nitro benzene ring substituents is 1. The molecular formula is C21H27N9O4. The fraction of sp³-hybridized carbons (Fsp3) is 0.381. The zero-order valence-corrected chi connectivity index (χ0v) is 19.3. The molecule has 0 saturated carbocycles. The van der Waals surface area contributed by atoms with Crippen molar-refractivity contribution in [3.8, 4) is 5.69 Å². The SMILES string of the molecule is Cc1nc(N=Nc2c(C)cc(NCC(C)O)nc2NCC(C)O)n(-c2ccc([N+](=O)[O-])cc2)n1. The second-order valence-corrected chi connectivity index (χ2v) is 7.83. The molecule has 34 heavy (non-hydrogen) atoms. The van der Waals surface area contributed by atoms with E-state index in [2.05, 4.69) is 35.9 Å². The normalized spacial score (nSPS) is 13.1. The average Bonchev–Trinajstić information content (AvgIpc) is 3.15. The maximum absolute atomic E-state index is 10.9. The Morgan fingerprint density at radius 3 is 2.32 bits per heavy atom. The lowest BCUT2D eigenvalue weighted by molar-refractivity contribution is -0.384. The number of aliphatic hydroxyl groups excluding tert-OH is 2. The number of nitrogens with zero attached hydrogens (tertiary/aromatic N) is 7. The molecule has 0 spiro atoms. The summed E-state index contributed by atoms with van der Waals surface area (Å²) in [6.07, 6.45) is -1.17. The van der Waals surface area contributed by atoms with Crippen LogP contribution in [0.3, 0.4) is 0 Å². The van der Waals surface area contributed by atoms with Gasteiger partial charge >= 0.3 is 0 Å². The molecule has 13 heteroatoms. The van der Waals surface area contributed by atoms with Crippen molar-refractivity contribution in [1.29, 1.82) is 0 Å². The Hall–Kier alpha value is -3.97. The maximum atomic E-state index is 10.9. The van der Waals surface area contributed by atoms with Crippen LogP contribution >= 0.6 is 0 Å². The van der Waals surface area contributed by atoms with Gasteiger partial charge in [-0.25, -0.2) is 4.98 Å². The molecule has 3 aromatic rings. The van der Waals surface area contributed by atoms with E-state index < -0.39 is 17.1 Å². The Morgan fingerprint density at radius 2 is 1.71 bits per heavy atom. The van der Waals surface area contributed by atoms with Crippen molar-refractivity contribution in [2.75, 3.05) is 23.7 Å². The van der Waals surface area contributed by atoms with Crippen molar-refractivity contribution in [3.05, 3.63) is 51.8 Å². The van der Waals surface area contributed by atoms with E-state index in [1.54, 1.807) is 39.0 Å². The van der Waals surface area contributed by atoms with Crippen molar-refractivity contribution in [2.24, 2.45) is 10.2 Å². The van der Waals surface area contributed by atoms with E-state index >= 15 is 0 Å². The number of benzene rings is 1. The van der Waals surface area contributed by atoms with Crippen molar-refractivity contribution in [3.63, 3.8) is 0 Å². The summed E-state index contributed by atoms with van der Waals surface area (Å²) in [5.41, 5.74) is 1.70. The maximum Gasteiger partial charge on any atom is 0.272 e. The lowest BCUT2D eigenvalue weighted by atomic mass is 10.2. The zero-order chi connectivity index (χ0) is 24.8. The number of aliphatic hydroxyl groups is 2. The number of pyridine rings is 1. The molecule has 4 N–H and O–H groups in total. The van der Waals surface area contributed by atoms with Gasteiger partial charge in [0, 0.05) is 25.2 Å². The van der Waals surface area contributed by atoms with Crippen molar-refractivity contribution >= 4 is 29.0 Å². The van der Waals surface area contributed by atoms with E-state index in [-0.39, 0.29) is 18.2 Å². The standard InChI is InChI=1S/C21H27N9O4/c1-12-9-18(22-10-13(2)31)25-20(23-11-14(3)32)19(12)26-27-21-24-15(4)28-29(21)16-5-7-17(8-6-16)30(33)34/h5-9,13-14,31-32H,10-11H2,1-4H3,(H2,22,23,25). The number of azo groups is 1. The highest BCUT2D eigenvalue weighted by molar-refractivity contribution is 5.68. The molecule has 1 aromatic carbocycles. The topological polar surface area (TPSA) is 176 Å². The van der Waals surface area contributed by atoms with Gasteiger partial charge in [-0.3, -0.25) is 10.1 Å². The molecule has 180 valence electrons. The first-order valence-corrected chi connectivity index (χ1v) is 10.6. The van der Waals surface area contributed by atoms with E-state index in [1.165, 1.54) is 16.8 Å². The molecule has 2 heterocycles. The number of rotatable bonds is 10. The van der Waals surface area contributed by atoms with E-state index in [9.17, 15) is 20.3 Å². The lowest BCUT2D eigenvalue weighted by Gasteiger charge is -2.15. The molecule has 0 amide bonds. The molecule has 0 aliphatic carbocycles. The van der Waals surface area contributed by atoms with E-state index in [0.29, 0.717) is 35.4 Å². The summed E-state index contributed by atoms with van der Waals surface area (Å²) in [5.74, 6) is 1.57. The van der Waals surface area contributed by atoms with Gasteiger partial charge in [0.2, 0.25) is 0 Å². The van der Waals surface area contributed by atoms with Crippen LogP contribution in [0.25, 0.3) is 5.69 Å². The number of hydrogen-bond donors (Lipinski definition) is 4. The van der Waals surface area contributed by atoms with Gasteiger partial charge in [0.05, 0.1) is 22.8 Å². The number of aryl methyl sites for hydroxylation is 2. The van der Waals surface area contributed by atoms with E-state index in [0.717, 1.165) is 5.56 Å². The minimum absolute atomic E-state index is 0.0384. The Kier molecular flexibility index (Phi) is 7.81. The third-order valence-corrected chi connectivity index (χ3v) is 4.57. The van der Waals surface area contributed by atoms with Crippen LogP contribution in [0.2, 0.25) is 0 Å². The summed E-state index contributed by atoms with van der Waals surface area (Å²) in [7, 11) is 0. The van der Waals surface area contributed by atoms with Gasteiger partial charge < -0.3 is 20.8 Å². The first-order chi connectivity index (χ1) is 16.1. The monoisotopic (exact) mass is 469 g/mol. The van der Waals surface area contributed by atoms with Crippen LogP contribution in [0, 0.1) is 24.0 Å². The first kappa shape index (κ1) is 24.7. The molecular weight excluding hydrogens is 442 g/mol. The molecule has 2 unspecified atom stereocenters. The first-order valence-electron chi connectivity index (χ1n) is 10.6. The summed E-state index contributed by atoms with van der Waals surface area (Å²) < 4.78 is 1.44. The highest BCUT2D eigenvalue weighted by Gasteiger charge is 2.14. The van der Waals surface area contributed by atoms with Crippen LogP contribution in [0.1, 0.15) is 25.2 Å². The fourth-order valence-corrected chi connectivity index (χ4v) is 2.95. The summed E-state index contributed by atoms with van der Waals surface area (Å²) in [5, 5.41) is 49.2. The minimum Gasteiger partial charge on any atom is -0.392 e. The molecule has 3 rings (SSSR count). The van der Waals surface area contributed by atoms with Crippen LogP contribution in [0.4, 0.5) is 29.0 Å². The van der Waals surface area contributed by atoms with Crippen LogP contribution in [0.15, 0.2) is 40.6 Å². The van der Waals surface area contributed by atoms with Crippen molar-refractivity contribution < 1.29 is 15.1 Å². The van der Waals surface area contributed by atoms with Crippen molar-refractivity contribution in [2.45, 2.75) is 39.9 Å². The predicted octanol–water partition coefficient (Wildman–Crippen LogP) is 3.19. The molecule has 2 aromatic heterocycles. The van der Waals surface area contributed by atoms with Gasteiger partial charge in [0.15, 0.2) is 5.82 Å². The highest BCUT2D eigenvalue weighted by atomic mass is 16.6. The molecule has 13 nitrogen and oxygen atoms in total. The molecule has 0 bridgehead atoms. The number of anilines is 2. The minimum atomic E-state index is -0.617. The molecule has 0 saturated heterocycles. The Morgan fingerprint density at radius 1 is 1.06 bits per heavy atom. The summed E-state index contributed by atoms with van der Waals surface area (Å²) >= 11 is 0. The quantitative estimate of drug-likeness (QED) is 0.197. The van der Waals surface area contributed by atoms with Gasteiger partial charge in [-0.05, 0) is 51.5 Å². The molecule has 0 aliphatic rings. The van der Waals surface area contributed by atoms with Gasteiger partial charge in [0.1, 0.15) is 17.3 Å². The van der Waals surface area contributed by atoms with Gasteiger partial charge in [-0.1, -0.05) is 0 Å². The Bertz CT molecular complexity index is 1170. The zero-order valence-electron chi connectivity index (χ0n) is 19.3. The van der Waals surface area contributed by atoms with Crippen LogP contribution in [0.5, 0.6) is 0 Å². The van der Waals surface area contributed by atoms with E-state index in [1.807, 2.05) is 6.92 Å². The van der Waals surface area contributed by atoms with Gasteiger partial charge in [-0.2, -0.15) is 9.67 Å². The molecule has 0 aliphatic heterocycles. The number of nitrogens with one attached hydrogen (secondary N) is 2. The number of hydrogen-bond acceptors (Lipinski definition) is 11. The van der Waals surface area contributed by atoms with Crippen LogP contribution < -0.4 is 10.6 Å². The second kappa shape index (κ2) is 10.8. The highest BCUT2D eigenvalue weighted by Crippen LogP contribution is 2.31. The Labute approximate surface area is 195 Å². The lowest BCUT2D eigenvalue weighted by Crippen LogP contribution is -2.18. The predicted molar refractivity (Wildman–Crippen MR) is 126 cm³/mol. The van der Waals surface area contributed by atoms with E-state index in [4.69, 9.17) is 0 Å². The summed E-state index contributed by atoms with van der Waals surface area (Å²) in [6, 6.07) is 7.62. The Balaban J connectivity index is 1.96.